The average Bonchev–Trinajstić information content (AvgIpc) is 2.47. The molecular formula is C16H23NO. The van der Waals surface area contributed by atoms with E-state index < -0.39 is 0 Å². The zero-order valence-corrected chi connectivity index (χ0v) is 11.2. The first-order chi connectivity index (χ1) is 8.88. The number of ether oxygens (including phenoxy) is 1. The summed E-state index contributed by atoms with van der Waals surface area (Å²) < 4.78 is 5.34. The zero-order chi connectivity index (χ0) is 12.4. The largest absolute Gasteiger partial charge is 0.497 e. The van der Waals surface area contributed by atoms with E-state index in [1.54, 1.807) is 7.11 Å². The molecule has 0 amide bonds. The predicted octanol–water partition coefficient (Wildman–Crippen LogP) is 3.46. The van der Waals surface area contributed by atoms with Crippen LogP contribution in [0.25, 0.3) is 0 Å². The first kappa shape index (κ1) is 12.0. The molecule has 1 N–H and O–H groups in total. The second-order valence-electron chi connectivity index (χ2n) is 5.64. The van der Waals surface area contributed by atoms with Crippen LogP contribution in [0, 0.1) is 5.92 Å². The maximum absolute atomic E-state index is 5.34. The van der Waals surface area contributed by atoms with Crippen molar-refractivity contribution in [3.05, 3.63) is 29.3 Å². The maximum Gasteiger partial charge on any atom is 0.119 e. The summed E-state index contributed by atoms with van der Waals surface area (Å²) in [4.78, 5) is 0. The molecule has 2 heteroatoms. The summed E-state index contributed by atoms with van der Waals surface area (Å²) in [5.74, 6) is 1.84. The quantitative estimate of drug-likeness (QED) is 0.861. The van der Waals surface area contributed by atoms with Gasteiger partial charge in [-0.15, -0.1) is 0 Å². The van der Waals surface area contributed by atoms with E-state index in [0.717, 1.165) is 24.6 Å². The van der Waals surface area contributed by atoms with Gasteiger partial charge in [-0.2, -0.15) is 0 Å². The van der Waals surface area contributed by atoms with Crippen LogP contribution in [0.2, 0.25) is 0 Å². The molecule has 2 aliphatic rings. The molecule has 1 aromatic carbocycles. The molecule has 0 saturated heterocycles. The van der Waals surface area contributed by atoms with Crippen molar-refractivity contribution >= 4 is 0 Å². The highest BCUT2D eigenvalue weighted by molar-refractivity contribution is 5.39. The smallest absolute Gasteiger partial charge is 0.119 e. The van der Waals surface area contributed by atoms with E-state index in [-0.39, 0.29) is 0 Å². The zero-order valence-electron chi connectivity index (χ0n) is 11.2. The van der Waals surface area contributed by atoms with E-state index in [1.165, 1.54) is 43.2 Å². The average molecular weight is 245 g/mol. The van der Waals surface area contributed by atoms with Crippen molar-refractivity contribution in [2.45, 2.75) is 44.6 Å². The number of nitrogens with one attached hydrogen (secondary N) is 1. The number of hydrogen-bond donors (Lipinski definition) is 1. The molecule has 1 aromatic rings. The molecule has 1 heterocycles. The van der Waals surface area contributed by atoms with Crippen molar-refractivity contribution in [2.24, 2.45) is 5.92 Å². The Morgan fingerprint density at radius 3 is 2.78 bits per heavy atom. The van der Waals surface area contributed by atoms with Crippen LogP contribution >= 0.6 is 0 Å². The van der Waals surface area contributed by atoms with Crippen LogP contribution in [0.5, 0.6) is 5.75 Å². The van der Waals surface area contributed by atoms with Crippen molar-refractivity contribution in [2.75, 3.05) is 13.7 Å². The number of fused-ring (bicyclic) bond motifs is 1. The van der Waals surface area contributed by atoms with E-state index in [9.17, 15) is 0 Å². The van der Waals surface area contributed by atoms with Crippen LogP contribution in [-0.2, 0) is 6.42 Å². The minimum absolute atomic E-state index is 0.583. The Kier molecular flexibility index (Phi) is 3.55. The number of methoxy groups -OCH3 is 1. The lowest BCUT2D eigenvalue weighted by Crippen LogP contribution is -2.35. The Hall–Kier alpha value is -1.02. The highest BCUT2D eigenvalue weighted by Gasteiger charge is 2.28. The summed E-state index contributed by atoms with van der Waals surface area (Å²) in [5, 5.41) is 3.74. The molecule has 98 valence electrons. The number of rotatable bonds is 2. The molecule has 1 aliphatic heterocycles. The third-order valence-electron chi connectivity index (χ3n) is 4.57. The van der Waals surface area contributed by atoms with Crippen LogP contribution in [-0.4, -0.2) is 13.7 Å². The van der Waals surface area contributed by atoms with Crippen LogP contribution in [0.15, 0.2) is 18.2 Å². The predicted molar refractivity (Wildman–Crippen MR) is 74.0 cm³/mol. The summed E-state index contributed by atoms with van der Waals surface area (Å²) in [6, 6.07) is 7.20. The summed E-state index contributed by atoms with van der Waals surface area (Å²) in [5.41, 5.74) is 3.01. The van der Waals surface area contributed by atoms with Gasteiger partial charge in [0.2, 0.25) is 0 Å². The maximum atomic E-state index is 5.34. The van der Waals surface area contributed by atoms with E-state index >= 15 is 0 Å². The molecule has 0 aromatic heterocycles. The molecule has 1 saturated carbocycles. The van der Waals surface area contributed by atoms with Crippen molar-refractivity contribution in [3.63, 3.8) is 0 Å². The van der Waals surface area contributed by atoms with Gasteiger partial charge in [-0.3, -0.25) is 0 Å². The van der Waals surface area contributed by atoms with Gasteiger partial charge in [-0.05, 0) is 55.0 Å². The van der Waals surface area contributed by atoms with Crippen LogP contribution in [0.4, 0.5) is 0 Å². The van der Waals surface area contributed by atoms with Gasteiger partial charge < -0.3 is 10.1 Å². The Labute approximate surface area is 110 Å². The van der Waals surface area contributed by atoms with E-state index in [2.05, 4.69) is 23.5 Å². The first-order valence-corrected chi connectivity index (χ1v) is 7.28. The Balaban J connectivity index is 1.86. The van der Waals surface area contributed by atoms with Crippen molar-refractivity contribution in [3.8, 4) is 5.75 Å². The van der Waals surface area contributed by atoms with Crippen LogP contribution in [0.1, 0.15) is 49.3 Å². The molecular weight excluding hydrogens is 222 g/mol. The third kappa shape index (κ3) is 2.26. The molecule has 3 rings (SSSR count). The van der Waals surface area contributed by atoms with Crippen molar-refractivity contribution < 1.29 is 4.74 Å². The second kappa shape index (κ2) is 5.31. The highest BCUT2D eigenvalue weighted by Crippen LogP contribution is 2.38. The standard InChI is InChI=1S/C16H23NO/c1-18-14-7-8-15-13(11-14)9-10-17-16(15)12-5-3-2-4-6-12/h7-8,11-12,16-17H,2-6,9-10H2,1H3. The lowest BCUT2D eigenvalue weighted by molar-refractivity contribution is 0.264. The van der Waals surface area contributed by atoms with Crippen molar-refractivity contribution in [1.82, 2.24) is 5.32 Å². The molecule has 0 spiro atoms. The topological polar surface area (TPSA) is 21.3 Å². The van der Waals surface area contributed by atoms with Gasteiger partial charge in [0.25, 0.3) is 0 Å². The molecule has 1 fully saturated rings. The molecule has 1 aliphatic carbocycles. The van der Waals surface area contributed by atoms with Gasteiger partial charge in [0, 0.05) is 6.04 Å². The Morgan fingerprint density at radius 2 is 2.00 bits per heavy atom. The minimum atomic E-state index is 0.583. The fraction of sp³-hybridized carbons (Fsp3) is 0.625. The second-order valence-corrected chi connectivity index (χ2v) is 5.64. The molecule has 0 radical (unpaired) electrons. The van der Waals surface area contributed by atoms with E-state index in [0.29, 0.717) is 6.04 Å². The molecule has 18 heavy (non-hydrogen) atoms. The molecule has 2 nitrogen and oxygen atoms in total. The van der Waals surface area contributed by atoms with Gasteiger partial charge in [0.1, 0.15) is 5.75 Å². The number of benzene rings is 1. The lowest BCUT2D eigenvalue weighted by Gasteiger charge is -2.35. The normalized spacial score (nSPS) is 24.6. The summed E-state index contributed by atoms with van der Waals surface area (Å²) in [6.45, 7) is 1.11. The number of hydrogen-bond acceptors (Lipinski definition) is 2. The summed E-state index contributed by atoms with van der Waals surface area (Å²) >= 11 is 0. The minimum Gasteiger partial charge on any atom is -0.497 e. The fourth-order valence-electron chi connectivity index (χ4n) is 3.59. The van der Waals surface area contributed by atoms with Crippen LogP contribution < -0.4 is 10.1 Å². The van der Waals surface area contributed by atoms with E-state index in [1.807, 2.05) is 0 Å². The van der Waals surface area contributed by atoms with Crippen LogP contribution in [0.3, 0.4) is 0 Å². The molecule has 0 bridgehead atoms. The lowest BCUT2D eigenvalue weighted by atomic mass is 9.78. The SMILES string of the molecule is COc1ccc2c(c1)CCNC2C1CCCCC1. The Bertz CT molecular complexity index is 410. The van der Waals surface area contributed by atoms with E-state index in [4.69, 9.17) is 4.74 Å². The summed E-state index contributed by atoms with van der Waals surface area (Å²) in [7, 11) is 1.75. The van der Waals surface area contributed by atoms with Gasteiger partial charge in [-0.25, -0.2) is 0 Å². The third-order valence-corrected chi connectivity index (χ3v) is 4.57. The van der Waals surface area contributed by atoms with Gasteiger partial charge in [0.05, 0.1) is 7.11 Å². The fourth-order valence-corrected chi connectivity index (χ4v) is 3.59. The highest BCUT2D eigenvalue weighted by atomic mass is 16.5. The Morgan fingerprint density at radius 1 is 1.17 bits per heavy atom. The first-order valence-electron chi connectivity index (χ1n) is 7.28. The van der Waals surface area contributed by atoms with Gasteiger partial charge in [-0.1, -0.05) is 25.3 Å². The van der Waals surface area contributed by atoms with Gasteiger partial charge in [0.15, 0.2) is 0 Å². The summed E-state index contributed by atoms with van der Waals surface area (Å²) in [6.07, 6.45) is 8.17. The monoisotopic (exact) mass is 245 g/mol. The van der Waals surface area contributed by atoms with Crippen molar-refractivity contribution in [1.29, 1.82) is 0 Å². The van der Waals surface area contributed by atoms with Gasteiger partial charge >= 0.3 is 0 Å². The molecule has 1 atom stereocenters. The molecule has 1 unspecified atom stereocenters.